The topological polar surface area (TPSA) is 55.4 Å². The molecule has 0 unspecified atom stereocenters. The molecular weight excluding hydrogens is 1100 g/mol. The number of fused-ring (bicyclic) bond motifs is 6. The molecule has 88 heavy (non-hydrogen) atoms. The van der Waals surface area contributed by atoms with Gasteiger partial charge in [-0.15, -0.1) is 0 Å². The minimum atomic E-state index is -2.49. The first-order valence-corrected chi connectivity index (χ1v) is 30.7. The van der Waals surface area contributed by atoms with Gasteiger partial charge in [0.15, 0.2) is 0 Å². The van der Waals surface area contributed by atoms with E-state index in [0.29, 0.717) is 54.3 Å². The van der Waals surface area contributed by atoms with E-state index in [1.54, 1.807) is 0 Å². The Morgan fingerprint density at radius 3 is 0.614 bits per heavy atom. The van der Waals surface area contributed by atoms with Crippen molar-refractivity contribution in [2.75, 3.05) is 0 Å². The highest BCUT2D eigenvalue weighted by atomic mass is 31.2. The SMILES string of the molecule is c1ccc(COc2ccc3ccccc3c2-c2c(OP(Oc3ccc4ccccc4c3-c3c(OCc4ccccc4)ccc4ccccc34)Oc3ccc4ccccc4c3-c3c(OCc4ccccc4)ccc4ccccc34)ccc3ccccc23)cc1. The Bertz CT molecular complexity index is 4530. The van der Waals surface area contributed by atoms with Gasteiger partial charge < -0.3 is 27.8 Å². The van der Waals surface area contributed by atoms with Crippen LogP contribution in [0.4, 0.5) is 0 Å². The summed E-state index contributed by atoms with van der Waals surface area (Å²) >= 11 is 0. The van der Waals surface area contributed by atoms with E-state index >= 15 is 0 Å². The van der Waals surface area contributed by atoms with Crippen LogP contribution >= 0.6 is 8.60 Å². The lowest BCUT2D eigenvalue weighted by molar-refractivity contribution is 0.308. The molecule has 0 saturated carbocycles. The summed E-state index contributed by atoms with van der Waals surface area (Å²) in [7, 11) is -2.49. The lowest BCUT2D eigenvalue weighted by Gasteiger charge is -2.25. The quantitative estimate of drug-likeness (QED) is 0.0798. The van der Waals surface area contributed by atoms with E-state index in [9.17, 15) is 0 Å². The van der Waals surface area contributed by atoms with Crippen LogP contribution in [0.3, 0.4) is 0 Å². The molecular formula is C81H57O6P. The fourth-order valence-corrected chi connectivity index (χ4v) is 13.2. The minimum Gasteiger partial charge on any atom is -0.488 e. The maximum absolute atomic E-state index is 7.74. The summed E-state index contributed by atoms with van der Waals surface area (Å²) in [6.45, 7) is 1.08. The maximum atomic E-state index is 7.74. The molecule has 0 saturated heterocycles. The van der Waals surface area contributed by atoms with E-state index < -0.39 is 8.60 Å². The lowest BCUT2D eigenvalue weighted by atomic mass is 9.92. The molecule has 15 aromatic carbocycles. The number of ether oxygens (including phenoxy) is 3. The minimum absolute atomic E-state index is 0.359. The van der Waals surface area contributed by atoms with Crippen LogP contribution in [0.2, 0.25) is 0 Å². The molecule has 422 valence electrons. The lowest BCUT2D eigenvalue weighted by Crippen LogP contribution is -2.06. The van der Waals surface area contributed by atoms with Crippen LogP contribution in [0, 0.1) is 0 Å². The molecule has 0 amide bonds. The zero-order valence-corrected chi connectivity index (χ0v) is 48.9. The van der Waals surface area contributed by atoms with Gasteiger partial charge >= 0.3 is 8.60 Å². The van der Waals surface area contributed by atoms with E-state index in [1.165, 1.54) is 0 Å². The third-order valence-corrected chi connectivity index (χ3v) is 17.4. The smallest absolute Gasteiger partial charge is 0.488 e. The second kappa shape index (κ2) is 24.2. The predicted molar refractivity (Wildman–Crippen MR) is 362 cm³/mol. The fourth-order valence-electron chi connectivity index (χ4n) is 12.1. The zero-order valence-electron chi connectivity index (χ0n) is 48.0. The molecule has 0 aromatic heterocycles. The van der Waals surface area contributed by atoms with Crippen molar-refractivity contribution >= 4 is 73.2 Å². The number of hydrogen-bond donors (Lipinski definition) is 0. The first kappa shape index (κ1) is 53.8. The Kier molecular flexibility index (Phi) is 14.8. The Balaban J connectivity index is 0.962. The van der Waals surface area contributed by atoms with Gasteiger partial charge in [-0.1, -0.05) is 273 Å². The van der Waals surface area contributed by atoms with E-state index in [-0.39, 0.29) is 0 Å². The van der Waals surface area contributed by atoms with Gasteiger partial charge in [0.25, 0.3) is 0 Å². The summed E-state index contributed by atoms with van der Waals surface area (Å²) in [5.74, 6) is 3.77. The molecule has 0 heterocycles. The normalized spacial score (nSPS) is 11.4. The van der Waals surface area contributed by atoms with Crippen molar-refractivity contribution in [2.45, 2.75) is 19.8 Å². The van der Waals surface area contributed by atoms with E-state index in [1.807, 2.05) is 72.8 Å². The second-order valence-electron chi connectivity index (χ2n) is 21.8. The van der Waals surface area contributed by atoms with Crippen molar-refractivity contribution in [2.24, 2.45) is 0 Å². The molecule has 0 fully saturated rings. The average Bonchev–Trinajstić information content (AvgIpc) is 1.88. The standard InChI is InChI=1S/C81H57O6P/c1-4-22-55(23-5-1)52-82-70-46-40-58-28-10-16-34-64(58)76(70)79-67-37-19-13-31-61(67)43-49-73(79)85-88(86-74-50-44-62-32-14-20-38-68(62)80(74)77-65-35-17-11-29-59(65)41-47-71(77)83-53-56-24-6-2-7-25-56)87-75-51-45-63-33-15-21-39-69(63)81(75)78-66-36-18-12-30-60(66)42-48-72(78)84-54-57-26-8-3-9-27-57/h1-51H,52-54H2. The molecule has 0 bridgehead atoms. The third-order valence-electron chi connectivity index (χ3n) is 16.3. The zero-order chi connectivity index (χ0) is 58.6. The Morgan fingerprint density at radius 2 is 0.375 bits per heavy atom. The van der Waals surface area contributed by atoms with E-state index in [2.05, 4.69) is 237 Å². The van der Waals surface area contributed by atoms with Crippen LogP contribution in [0.5, 0.6) is 34.5 Å². The largest absolute Gasteiger partial charge is 0.530 e. The van der Waals surface area contributed by atoms with Gasteiger partial charge in [0.05, 0.1) is 0 Å². The molecule has 0 N–H and O–H groups in total. The summed E-state index contributed by atoms with van der Waals surface area (Å²) in [6, 6.07) is 107. The van der Waals surface area contributed by atoms with Crippen molar-refractivity contribution in [3.05, 3.63) is 326 Å². The van der Waals surface area contributed by atoms with Gasteiger partial charge in [-0.3, -0.25) is 0 Å². The van der Waals surface area contributed by atoms with E-state index in [4.69, 9.17) is 27.8 Å². The molecule has 0 spiro atoms. The van der Waals surface area contributed by atoms with Gasteiger partial charge in [0.1, 0.15) is 54.3 Å². The molecule has 0 radical (unpaired) electrons. The molecule has 0 atom stereocenters. The first-order chi connectivity index (χ1) is 43.6. The average molecular weight is 1160 g/mol. The molecule has 0 aliphatic carbocycles. The molecule has 0 aliphatic heterocycles. The second-order valence-corrected chi connectivity index (χ2v) is 22.8. The van der Waals surface area contributed by atoms with Gasteiger partial charge in [-0.05, 0) is 118 Å². The Morgan fingerprint density at radius 1 is 0.182 bits per heavy atom. The highest BCUT2D eigenvalue weighted by Crippen LogP contribution is 2.56. The van der Waals surface area contributed by atoms with Crippen LogP contribution < -0.4 is 27.8 Å². The molecule has 6 nitrogen and oxygen atoms in total. The predicted octanol–water partition coefficient (Wildman–Crippen LogP) is 22.1. The summed E-state index contributed by atoms with van der Waals surface area (Å²) in [5.41, 5.74) is 8.35. The molecule has 0 aliphatic rings. The van der Waals surface area contributed by atoms with Crippen molar-refractivity contribution in [1.82, 2.24) is 0 Å². The molecule has 15 rings (SSSR count). The van der Waals surface area contributed by atoms with Crippen molar-refractivity contribution in [3.8, 4) is 67.9 Å². The highest BCUT2D eigenvalue weighted by molar-refractivity contribution is 7.43. The van der Waals surface area contributed by atoms with Crippen LogP contribution in [-0.2, 0) is 19.8 Å². The molecule has 15 aromatic rings. The molecule has 7 heteroatoms. The summed E-state index contributed by atoms with van der Waals surface area (Å²) in [6.07, 6.45) is 0. The monoisotopic (exact) mass is 1160 g/mol. The summed E-state index contributed by atoms with van der Waals surface area (Å²) in [4.78, 5) is 0. The van der Waals surface area contributed by atoms with E-state index in [0.717, 1.165) is 115 Å². The Labute approximate surface area is 512 Å². The van der Waals surface area contributed by atoms with Gasteiger partial charge in [-0.25, -0.2) is 0 Å². The number of rotatable bonds is 18. The third kappa shape index (κ3) is 10.7. The van der Waals surface area contributed by atoms with Gasteiger partial charge in [-0.2, -0.15) is 0 Å². The number of benzene rings is 15. The van der Waals surface area contributed by atoms with Crippen molar-refractivity contribution in [1.29, 1.82) is 0 Å². The van der Waals surface area contributed by atoms with Crippen LogP contribution in [0.25, 0.3) is 98.0 Å². The first-order valence-electron chi connectivity index (χ1n) is 29.6. The summed E-state index contributed by atoms with van der Waals surface area (Å²) < 4.78 is 44.1. The van der Waals surface area contributed by atoms with Gasteiger partial charge in [0, 0.05) is 33.4 Å². The fraction of sp³-hybridized carbons (Fsp3) is 0.0370. The van der Waals surface area contributed by atoms with Crippen LogP contribution in [-0.4, -0.2) is 0 Å². The maximum Gasteiger partial charge on any atom is 0.530 e. The van der Waals surface area contributed by atoms with Crippen LogP contribution in [0.1, 0.15) is 16.7 Å². The van der Waals surface area contributed by atoms with Gasteiger partial charge in [0.2, 0.25) is 0 Å². The summed E-state index contributed by atoms with van der Waals surface area (Å²) in [5, 5.41) is 12.2. The number of hydrogen-bond acceptors (Lipinski definition) is 6. The highest BCUT2D eigenvalue weighted by Gasteiger charge is 2.31. The van der Waals surface area contributed by atoms with Crippen molar-refractivity contribution in [3.63, 3.8) is 0 Å². The van der Waals surface area contributed by atoms with Crippen molar-refractivity contribution < 1.29 is 27.8 Å². The van der Waals surface area contributed by atoms with Crippen LogP contribution in [0.15, 0.2) is 309 Å². The Hall–Kier alpha value is -10.9.